The van der Waals surface area contributed by atoms with Gasteiger partial charge in [0, 0.05) is 31.3 Å². The van der Waals surface area contributed by atoms with Gasteiger partial charge in [-0.15, -0.1) is 0 Å². The van der Waals surface area contributed by atoms with Gasteiger partial charge < -0.3 is 73.5 Å². The zero-order chi connectivity index (χ0) is 42.3. The molecular weight excluding hydrogens is 813 g/mol. The number of likely N-dealkylation sites (N-methyl/N-ethyl adjacent to an activating group) is 1. The summed E-state index contributed by atoms with van der Waals surface area (Å²) in [7, 11) is -11.7. The lowest BCUT2D eigenvalue weighted by Gasteiger charge is -2.36. The van der Waals surface area contributed by atoms with Crippen LogP contribution in [0.5, 0.6) is 0 Å². The van der Waals surface area contributed by atoms with E-state index in [1.165, 1.54) is 19.9 Å². The molecule has 7 unspecified atom stereocenters. The van der Waals surface area contributed by atoms with E-state index in [2.05, 4.69) is 43.5 Å². The summed E-state index contributed by atoms with van der Waals surface area (Å²) in [4.78, 5) is 95.9. The fraction of sp³-hybridized carbons (Fsp3) is 0.643. The van der Waals surface area contributed by atoms with E-state index in [1.807, 2.05) is 21.1 Å². The molecule has 6 N–H and O–H groups in total. The Morgan fingerprint density at radius 3 is 2.34 bits per heavy atom. The fourth-order valence-electron chi connectivity index (χ4n) is 4.83. The highest BCUT2D eigenvalue weighted by atomic mass is 31.3. The molecule has 0 aromatic carbocycles. The van der Waals surface area contributed by atoms with Crippen molar-refractivity contribution in [3.63, 3.8) is 0 Å². The average Bonchev–Trinajstić information content (AvgIpc) is 3.62. The minimum atomic E-state index is -5.92. The van der Waals surface area contributed by atoms with E-state index in [0.29, 0.717) is 11.0 Å². The molecule has 1 fully saturated rings. The molecule has 2 aromatic heterocycles. The molecule has 28 heteroatoms. The summed E-state index contributed by atoms with van der Waals surface area (Å²) < 4.78 is 61.1. The van der Waals surface area contributed by atoms with E-state index in [1.54, 1.807) is 6.08 Å². The topological polar surface area (TPSA) is 375 Å². The molecule has 25 nitrogen and oxygen atoms in total. The number of allylic oxidation sites excluding steroid dienone is 1. The van der Waals surface area contributed by atoms with E-state index >= 15 is 0 Å². The number of phosphoric ester groups is 3. The van der Waals surface area contributed by atoms with Crippen LogP contribution in [-0.2, 0) is 50.7 Å². The van der Waals surface area contributed by atoms with Gasteiger partial charge in [0.2, 0.25) is 11.8 Å². The first-order valence-corrected chi connectivity index (χ1v) is 20.9. The van der Waals surface area contributed by atoms with Crippen LogP contribution in [0.4, 0.5) is 5.82 Å². The number of anilines is 1. The molecule has 0 bridgehead atoms. The Morgan fingerprint density at radius 2 is 1.70 bits per heavy atom. The first kappa shape index (κ1) is 47.3. The minimum absolute atomic E-state index is 0.0227. The molecule has 2 amide bonds. The number of ketones is 1. The number of nitrogens with one attached hydrogen (secondary N) is 2. The van der Waals surface area contributed by atoms with Gasteiger partial charge in [-0.1, -0.05) is 13.8 Å². The number of rotatable bonds is 22. The van der Waals surface area contributed by atoms with Gasteiger partial charge >= 0.3 is 0 Å². The number of phosphoric acid groups is 3. The second-order valence-electron chi connectivity index (χ2n) is 14.1. The van der Waals surface area contributed by atoms with Gasteiger partial charge in [0.05, 0.1) is 55.1 Å². The molecule has 7 atom stereocenters. The Labute approximate surface area is 320 Å². The summed E-state index contributed by atoms with van der Waals surface area (Å²) in [6, 6.07) is 0. The Kier molecular flexibility index (Phi) is 16.1. The molecular formula is C28H44N8O17P3-3. The SMILES string of the molecule is CC(C)(COP(=O)([O-])OP(=O)([O-])OCC1OC(n2cnc3c(N)ncnc32)C(O)C1OP(=O)([O-])[O-])C(O)C(=O)NCCC(=O)NCCC(=O)/C=C/C[N+](C)(C)C. The molecule has 56 heavy (non-hydrogen) atoms. The third kappa shape index (κ3) is 14.7. The van der Waals surface area contributed by atoms with Gasteiger partial charge in [-0.05, 0) is 12.2 Å². The molecule has 2 aromatic rings. The van der Waals surface area contributed by atoms with Gasteiger partial charge in [0.25, 0.3) is 15.6 Å². The standard InChI is InChI=1S/C28H47N8O17P3/c1-28(2,23(40)26(41)31-11-9-19(38)30-10-8-17(37)7-6-12-36(3,4)5)14-50-56(47,48)53-55(45,46)49-13-18-22(52-54(42,43)44)21(39)27(51-18)35-16-34-20-24(29)32-15-33-25(20)35/h6-7,15-16,18,21-23,27,39-40H,8-14H2,1-5H3,(H7-,29,30,31,32,33,38,41,42,43,44,45,46,47,48)/p-3/b7-6+. The molecule has 3 rings (SSSR count). The number of ether oxygens (including phenoxy) is 1. The second-order valence-corrected chi connectivity index (χ2v) is 18.1. The van der Waals surface area contributed by atoms with Crippen molar-refractivity contribution in [1.82, 2.24) is 30.2 Å². The summed E-state index contributed by atoms with van der Waals surface area (Å²) in [6.07, 6.45) is -4.41. The molecule has 0 radical (unpaired) electrons. The number of hydrogen-bond acceptors (Lipinski definition) is 21. The van der Waals surface area contributed by atoms with Crippen LogP contribution in [0.2, 0.25) is 0 Å². The number of carbonyl (C=O) groups excluding carboxylic acids is 3. The largest absolute Gasteiger partial charge is 0.790 e. The number of hydrogen-bond donors (Lipinski definition) is 5. The van der Waals surface area contributed by atoms with E-state index in [-0.39, 0.29) is 48.7 Å². The van der Waals surface area contributed by atoms with Gasteiger partial charge in [0.1, 0.15) is 36.3 Å². The van der Waals surface area contributed by atoms with Crippen molar-refractivity contribution < 1.29 is 85.0 Å². The molecule has 0 aliphatic carbocycles. The highest BCUT2D eigenvalue weighted by molar-refractivity contribution is 7.59. The number of aromatic nitrogens is 4. The zero-order valence-corrected chi connectivity index (χ0v) is 33.5. The Balaban J connectivity index is 1.49. The quantitative estimate of drug-likeness (QED) is 0.0429. The molecule has 1 saturated heterocycles. The highest BCUT2D eigenvalue weighted by Gasteiger charge is 2.47. The van der Waals surface area contributed by atoms with Crippen molar-refractivity contribution in [2.75, 3.05) is 59.7 Å². The third-order valence-electron chi connectivity index (χ3n) is 7.70. The molecule has 0 spiro atoms. The summed E-state index contributed by atoms with van der Waals surface area (Å²) in [5.41, 5.74) is 4.06. The number of amides is 2. The first-order valence-electron chi connectivity index (χ1n) is 16.5. The van der Waals surface area contributed by atoms with Crippen molar-refractivity contribution in [2.24, 2.45) is 5.41 Å². The van der Waals surface area contributed by atoms with Crippen molar-refractivity contribution >= 4 is 58.0 Å². The number of carbonyl (C=O) groups is 3. The number of aliphatic hydroxyl groups is 2. The predicted octanol–water partition coefficient (Wildman–Crippen LogP) is -3.90. The Morgan fingerprint density at radius 1 is 1.05 bits per heavy atom. The second kappa shape index (κ2) is 19.1. The van der Waals surface area contributed by atoms with Crippen molar-refractivity contribution in [3.05, 3.63) is 24.8 Å². The van der Waals surface area contributed by atoms with Crippen LogP contribution >= 0.6 is 23.5 Å². The number of quaternary nitrogens is 1. The Bertz CT molecular complexity index is 1880. The zero-order valence-electron chi connectivity index (χ0n) is 30.8. The van der Waals surface area contributed by atoms with Gasteiger partial charge in [0.15, 0.2) is 23.5 Å². The van der Waals surface area contributed by atoms with E-state index in [4.69, 9.17) is 10.5 Å². The smallest absolute Gasteiger partial charge is 0.274 e. The van der Waals surface area contributed by atoms with E-state index in [0.717, 1.165) is 17.2 Å². The predicted molar refractivity (Wildman–Crippen MR) is 182 cm³/mol. The summed E-state index contributed by atoms with van der Waals surface area (Å²) >= 11 is 0. The minimum Gasteiger partial charge on any atom is -0.790 e. The van der Waals surface area contributed by atoms with Crippen LogP contribution in [-0.4, -0.2) is 130 Å². The third-order valence-corrected chi connectivity index (χ3v) is 10.7. The molecule has 1 aliphatic rings. The number of imidazole rings is 1. The average molecular weight is 858 g/mol. The van der Waals surface area contributed by atoms with Gasteiger partial charge in [-0.25, -0.2) is 19.3 Å². The monoisotopic (exact) mass is 857 g/mol. The lowest BCUT2D eigenvalue weighted by atomic mass is 9.87. The van der Waals surface area contributed by atoms with Gasteiger partial charge in [-0.3, -0.25) is 28.1 Å². The summed E-state index contributed by atoms with van der Waals surface area (Å²) in [6.45, 7) is 0.562. The maximum atomic E-state index is 12.5. The summed E-state index contributed by atoms with van der Waals surface area (Å²) in [5, 5.41) is 26.1. The number of aliphatic hydroxyl groups excluding tert-OH is 2. The fourth-order valence-corrected chi connectivity index (χ4v) is 7.56. The van der Waals surface area contributed by atoms with Crippen LogP contribution in [0.15, 0.2) is 24.8 Å². The molecule has 1 aliphatic heterocycles. The Hall–Kier alpha value is -3.09. The number of nitrogens with zero attached hydrogens (tertiary/aromatic N) is 5. The first-order chi connectivity index (χ1) is 25.7. The number of fused-ring (bicyclic) bond motifs is 1. The van der Waals surface area contributed by atoms with Crippen LogP contribution in [0.3, 0.4) is 0 Å². The van der Waals surface area contributed by atoms with Crippen molar-refractivity contribution in [3.8, 4) is 0 Å². The van der Waals surface area contributed by atoms with Crippen LogP contribution < -0.4 is 35.9 Å². The lowest BCUT2D eigenvalue weighted by Crippen LogP contribution is -2.46. The number of nitrogen functional groups attached to an aromatic ring is 1. The number of nitrogens with two attached hydrogens (primary N) is 1. The molecule has 316 valence electrons. The van der Waals surface area contributed by atoms with Crippen molar-refractivity contribution in [1.29, 1.82) is 0 Å². The van der Waals surface area contributed by atoms with Crippen LogP contribution in [0.25, 0.3) is 11.2 Å². The summed E-state index contributed by atoms with van der Waals surface area (Å²) in [5.74, 6) is -1.79. The lowest BCUT2D eigenvalue weighted by molar-refractivity contribution is -0.864. The van der Waals surface area contributed by atoms with Crippen LogP contribution in [0, 0.1) is 5.41 Å². The van der Waals surface area contributed by atoms with Crippen molar-refractivity contribution in [2.45, 2.75) is 57.3 Å². The highest BCUT2D eigenvalue weighted by Crippen LogP contribution is 2.56. The maximum absolute atomic E-state index is 12.5. The van der Waals surface area contributed by atoms with E-state index < -0.39 is 84.6 Å². The van der Waals surface area contributed by atoms with Crippen LogP contribution in [0.1, 0.15) is 32.9 Å². The normalized spacial score (nSPS) is 22.1. The van der Waals surface area contributed by atoms with Gasteiger partial charge in [-0.2, -0.15) is 0 Å². The molecule has 3 heterocycles. The van der Waals surface area contributed by atoms with E-state index in [9.17, 15) is 57.9 Å². The maximum Gasteiger partial charge on any atom is 0.274 e. The molecule has 0 saturated carbocycles.